The molecule has 0 saturated carbocycles. The Kier molecular flexibility index (Phi) is 6.98. The van der Waals surface area contributed by atoms with E-state index in [1.54, 1.807) is 30.5 Å². The van der Waals surface area contributed by atoms with E-state index in [9.17, 15) is 9.18 Å². The fraction of sp³-hybridized carbons (Fsp3) is 0.455. The predicted octanol–water partition coefficient (Wildman–Crippen LogP) is 4.11. The summed E-state index contributed by atoms with van der Waals surface area (Å²) in [6, 6.07) is 9.02. The highest BCUT2D eigenvalue weighted by atomic mass is 19.1. The van der Waals surface area contributed by atoms with Crippen molar-refractivity contribution in [3.05, 3.63) is 54.1 Å². The zero-order chi connectivity index (χ0) is 19.9. The molecular formula is C22H28FN3O2. The maximum atomic E-state index is 13.0. The third-order valence-corrected chi connectivity index (χ3v) is 4.79. The summed E-state index contributed by atoms with van der Waals surface area (Å²) in [7, 11) is 0. The lowest BCUT2D eigenvalue weighted by Crippen LogP contribution is -2.42. The van der Waals surface area contributed by atoms with E-state index in [4.69, 9.17) is 4.74 Å². The average molecular weight is 385 g/mol. The number of carbonyl (C=O) groups is 1. The van der Waals surface area contributed by atoms with Crippen molar-refractivity contribution in [3.63, 3.8) is 0 Å². The van der Waals surface area contributed by atoms with Gasteiger partial charge < -0.3 is 15.0 Å². The number of hydrogen-bond donors (Lipinski definition) is 1. The number of nitrogens with one attached hydrogen (secondary N) is 1. The molecule has 0 aliphatic carbocycles. The van der Waals surface area contributed by atoms with E-state index >= 15 is 0 Å². The Morgan fingerprint density at radius 2 is 2.07 bits per heavy atom. The van der Waals surface area contributed by atoms with Crippen molar-refractivity contribution in [1.82, 2.24) is 15.2 Å². The number of amides is 1. The van der Waals surface area contributed by atoms with Gasteiger partial charge in [-0.25, -0.2) is 4.39 Å². The summed E-state index contributed by atoms with van der Waals surface area (Å²) >= 11 is 0. The van der Waals surface area contributed by atoms with Crippen molar-refractivity contribution in [2.45, 2.75) is 26.7 Å². The molecule has 5 nitrogen and oxygen atoms in total. The number of pyridine rings is 1. The molecular weight excluding hydrogens is 357 g/mol. The maximum absolute atomic E-state index is 13.0. The van der Waals surface area contributed by atoms with Crippen LogP contribution in [0, 0.1) is 17.7 Å². The summed E-state index contributed by atoms with van der Waals surface area (Å²) in [5, 5.41) is 3.01. The van der Waals surface area contributed by atoms with Crippen molar-refractivity contribution in [2.75, 3.05) is 26.2 Å². The second kappa shape index (κ2) is 9.64. The Morgan fingerprint density at radius 1 is 1.29 bits per heavy atom. The van der Waals surface area contributed by atoms with Crippen molar-refractivity contribution >= 4 is 5.91 Å². The van der Waals surface area contributed by atoms with Gasteiger partial charge in [0.15, 0.2) is 0 Å². The molecule has 1 amide bonds. The Morgan fingerprint density at radius 3 is 2.82 bits per heavy atom. The molecule has 150 valence electrons. The van der Waals surface area contributed by atoms with Crippen LogP contribution in [0.5, 0.6) is 11.5 Å². The zero-order valence-corrected chi connectivity index (χ0v) is 16.5. The highest BCUT2D eigenvalue weighted by molar-refractivity contribution is 5.92. The molecule has 1 aliphatic rings. The molecule has 1 aliphatic heterocycles. The predicted molar refractivity (Wildman–Crippen MR) is 107 cm³/mol. The standard InChI is InChI=1S/C22H28FN3O2/c1-16(2)14-26-11-3-4-17(15-26)13-25-22(27)21-12-20(9-10-24-21)28-19-7-5-18(23)6-8-19/h5-10,12,16-17H,3-4,11,13-15H2,1-2H3,(H,25,27)/t17-/m1/s1. The number of ether oxygens (including phenoxy) is 1. The first-order valence-corrected chi connectivity index (χ1v) is 9.89. The van der Waals surface area contributed by atoms with Crippen LogP contribution in [0.3, 0.4) is 0 Å². The highest BCUT2D eigenvalue weighted by Gasteiger charge is 2.21. The van der Waals surface area contributed by atoms with Crippen LogP contribution in [-0.4, -0.2) is 42.0 Å². The molecule has 1 fully saturated rings. The number of halogens is 1. The van der Waals surface area contributed by atoms with Crippen LogP contribution >= 0.6 is 0 Å². The normalized spacial score (nSPS) is 17.5. The zero-order valence-electron chi connectivity index (χ0n) is 16.5. The minimum absolute atomic E-state index is 0.203. The van der Waals surface area contributed by atoms with Gasteiger partial charge in [-0.2, -0.15) is 0 Å². The van der Waals surface area contributed by atoms with Crippen LogP contribution in [0.2, 0.25) is 0 Å². The summed E-state index contributed by atoms with van der Waals surface area (Å²) in [6.45, 7) is 8.40. The van der Waals surface area contributed by atoms with Gasteiger partial charge in [-0.3, -0.25) is 9.78 Å². The van der Waals surface area contributed by atoms with Crippen molar-refractivity contribution in [1.29, 1.82) is 0 Å². The van der Waals surface area contributed by atoms with Gasteiger partial charge in [-0.15, -0.1) is 0 Å². The van der Waals surface area contributed by atoms with Gasteiger partial charge in [0.05, 0.1) is 0 Å². The first-order valence-electron chi connectivity index (χ1n) is 9.89. The molecule has 0 spiro atoms. The molecule has 2 heterocycles. The van der Waals surface area contributed by atoms with Crippen LogP contribution in [0.15, 0.2) is 42.6 Å². The van der Waals surface area contributed by atoms with E-state index in [1.165, 1.54) is 18.6 Å². The Balaban J connectivity index is 1.53. The first-order chi connectivity index (χ1) is 13.5. The fourth-order valence-electron chi connectivity index (χ4n) is 3.57. The van der Waals surface area contributed by atoms with Crippen molar-refractivity contribution in [2.24, 2.45) is 11.8 Å². The van der Waals surface area contributed by atoms with Gasteiger partial charge >= 0.3 is 0 Å². The Labute approximate surface area is 165 Å². The summed E-state index contributed by atoms with van der Waals surface area (Å²) in [4.78, 5) is 19.1. The number of aromatic nitrogens is 1. The lowest BCUT2D eigenvalue weighted by atomic mass is 9.97. The minimum atomic E-state index is -0.322. The second-order valence-corrected chi connectivity index (χ2v) is 7.80. The molecule has 0 unspecified atom stereocenters. The lowest BCUT2D eigenvalue weighted by molar-refractivity contribution is 0.0924. The molecule has 2 aromatic rings. The molecule has 6 heteroatoms. The van der Waals surface area contributed by atoms with Crippen LogP contribution in [0.1, 0.15) is 37.2 Å². The monoisotopic (exact) mass is 385 g/mol. The molecule has 28 heavy (non-hydrogen) atoms. The number of nitrogens with zero attached hydrogens (tertiary/aromatic N) is 2. The topological polar surface area (TPSA) is 54.5 Å². The van der Waals surface area contributed by atoms with Crippen LogP contribution < -0.4 is 10.1 Å². The Hall–Kier alpha value is -2.47. The van der Waals surface area contributed by atoms with E-state index in [2.05, 4.69) is 29.0 Å². The average Bonchev–Trinajstić information content (AvgIpc) is 2.68. The number of piperidine rings is 1. The number of hydrogen-bond acceptors (Lipinski definition) is 4. The lowest BCUT2D eigenvalue weighted by Gasteiger charge is -2.33. The van der Waals surface area contributed by atoms with Crippen LogP contribution in [-0.2, 0) is 0 Å². The number of carbonyl (C=O) groups excluding carboxylic acids is 1. The molecule has 1 saturated heterocycles. The summed E-state index contributed by atoms with van der Waals surface area (Å²) in [5.74, 6) is 1.60. The molecule has 1 aromatic carbocycles. The second-order valence-electron chi connectivity index (χ2n) is 7.80. The van der Waals surface area contributed by atoms with Crippen molar-refractivity contribution < 1.29 is 13.9 Å². The summed E-state index contributed by atoms with van der Waals surface area (Å²) < 4.78 is 18.7. The van der Waals surface area contributed by atoms with Gasteiger partial charge in [-0.05, 0) is 61.6 Å². The van der Waals surface area contributed by atoms with Crippen LogP contribution in [0.25, 0.3) is 0 Å². The van der Waals surface area contributed by atoms with Gasteiger partial charge in [-0.1, -0.05) is 13.8 Å². The summed E-state index contributed by atoms with van der Waals surface area (Å²) in [5.41, 5.74) is 0.314. The molecule has 1 atom stereocenters. The summed E-state index contributed by atoms with van der Waals surface area (Å²) in [6.07, 6.45) is 3.85. The van der Waals surface area contributed by atoms with E-state index in [1.807, 2.05) is 0 Å². The van der Waals surface area contributed by atoms with E-state index in [-0.39, 0.29) is 11.7 Å². The first kappa shape index (κ1) is 20.3. The van der Waals surface area contributed by atoms with Crippen LogP contribution in [0.4, 0.5) is 4.39 Å². The van der Waals surface area contributed by atoms with Crippen molar-refractivity contribution in [3.8, 4) is 11.5 Å². The number of rotatable bonds is 7. The molecule has 0 radical (unpaired) electrons. The van der Waals surface area contributed by atoms with Gasteiger partial charge in [0, 0.05) is 31.9 Å². The largest absolute Gasteiger partial charge is 0.457 e. The fourth-order valence-corrected chi connectivity index (χ4v) is 3.57. The third kappa shape index (κ3) is 6.02. The number of benzene rings is 1. The quantitative estimate of drug-likeness (QED) is 0.779. The maximum Gasteiger partial charge on any atom is 0.270 e. The van der Waals surface area contributed by atoms with Gasteiger partial charge in [0.1, 0.15) is 23.0 Å². The van der Waals surface area contributed by atoms with E-state index in [0.29, 0.717) is 35.6 Å². The molecule has 1 N–H and O–H groups in total. The smallest absolute Gasteiger partial charge is 0.270 e. The van der Waals surface area contributed by atoms with E-state index in [0.717, 1.165) is 26.1 Å². The number of likely N-dealkylation sites (tertiary alicyclic amines) is 1. The SMILES string of the molecule is CC(C)CN1CCC[C@H](CNC(=O)c2cc(Oc3ccc(F)cc3)ccn2)C1. The molecule has 3 rings (SSSR count). The Bertz CT molecular complexity index is 780. The molecule has 0 bridgehead atoms. The van der Waals surface area contributed by atoms with Gasteiger partial charge in [0.2, 0.25) is 0 Å². The minimum Gasteiger partial charge on any atom is -0.457 e. The third-order valence-electron chi connectivity index (χ3n) is 4.79. The highest BCUT2D eigenvalue weighted by Crippen LogP contribution is 2.22. The molecule has 1 aromatic heterocycles. The van der Waals surface area contributed by atoms with Gasteiger partial charge in [0.25, 0.3) is 5.91 Å². The van der Waals surface area contributed by atoms with E-state index < -0.39 is 0 Å².